The molecule has 0 bridgehead atoms. The first-order valence-corrected chi connectivity index (χ1v) is 3.92. The molecule has 0 unspecified atom stereocenters. The van der Waals surface area contributed by atoms with Crippen molar-refractivity contribution >= 4 is 11.9 Å². The maximum atomic E-state index is 11.0. The Morgan fingerprint density at radius 2 is 2.29 bits per heavy atom. The first-order chi connectivity index (χ1) is 6.61. The van der Waals surface area contributed by atoms with Gasteiger partial charge >= 0.3 is 6.03 Å². The normalized spacial score (nSPS) is 9.79. The first kappa shape index (κ1) is 10.2. The van der Waals surface area contributed by atoms with Crippen molar-refractivity contribution in [1.29, 1.82) is 0 Å². The van der Waals surface area contributed by atoms with Crippen molar-refractivity contribution in [3.8, 4) is 0 Å². The Balaban J connectivity index is 2.51. The molecule has 7 heteroatoms. The number of aromatic nitrogens is 2. The number of nitrogens with one attached hydrogen (secondary N) is 1. The van der Waals surface area contributed by atoms with Crippen LogP contribution < -0.4 is 16.8 Å². The molecule has 76 valence electrons. The lowest BCUT2D eigenvalue weighted by Gasteiger charge is -2.00. The maximum absolute atomic E-state index is 11.0. The minimum atomic E-state index is -0.874. The number of primary amides is 1. The number of carbonyl (C=O) groups excluding carboxylic acids is 2. The molecular formula is C7H11N5O2. The Labute approximate surface area is 80.1 Å². The highest BCUT2D eigenvalue weighted by molar-refractivity contribution is 5.93. The van der Waals surface area contributed by atoms with Crippen molar-refractivity contribution < 1.29 is 9.59 Å². The number of carbonyl (C=O) groups is 2. The molecule has 0 aliphatic rings. The van der Waals surface area contributed by atoms with Crippen LogP contribution >= 0.6 is 0 Å². The Hall–Kier alpha value is -1.89. The summed E-state index contributed by atoms with van der Waals surface area (Å²) in [6.07, 6.45) is 3.18. The van der Waals surface area contributed by atoms with E-state index in [0.717, 1.165) is 5.56 Å². The molecule has 0 atom stereocenters. The average Bonchev–Trinajstić information content (AvgIpc) is 2.50. The number of amides is 3. The fourth-order valence-electron chi connectivity index (χ4n) is 0.922. The molecule has 1 aromatic rings. The van der Waals surface area contributed by atoms with E-state index in [9.17, 15) is 9.59 Å². The van der Waals surface area contributed by atoms with Crippen LogP contribution in [0.3, 0.4) is 0 Å². The van der Waals surface area contributed by atoms with Crippen molar-refractivity contribution in [3.05, 3.63) is 18.0 Å². The quantitative estimate of drug-likeness (QED) is 0.548. The van der Waals surface area contributed by atoms with E-state index in [1.165, 1.54) is 4.68 Å². The third-order valence-corrected chi connectivity index (χ3v) is 1.49. The maximum Gasteiger partial charge on any atom is 0.318 e. The van der Waals surface area contributed by atoms with E-state index in [0.29, 0.717) is 6.54 Å². The molecule has 0 aromatic carbocycles. The number of hydrogen-bond acceptors (Lipinski definition) is 4. The average molecular weight is 197 g/mol. The molecule has 1 aromatic heterocycles. The summed E-state index contributed by atoms with van der Waals surface area (Å²) in [6, 6.07) is -0.874. The second kappa shape index (κ2) is 4.38. The van der Waals surface area contributed by atoms with E-state index in [4.69, 9.17) is 11.5 Å². The van der Waals surface area contributed by atoms with Gasteiger partial charge < -0.3 is 11.5 Å². The monoisotopic (exact) mass is 197 g/mol. The van der Waals surface area contributed by atoms with Crippen molar-refractivity contribution in [2.24, 2.45) is 11.5 Å². The predicted molar refractivity (Wildman–Crippen MR) is 47.8 cm³/mol. The van der Waals surface area contributed by atoms with Crippen LogP contribution in [0.25, 0.3) is 0 Å². The standard InChI is InChI=1S/C7H11N5O2/c8-1-5-2-10-12(3-5)4-6(13)11-7(9)14/h2-3H,1,4,8H2,(H3,9,11,13,14). The van der Waals surface area contributed by atoms with Crippen LogP contribution in [0.1, 0.15) is 5.56 Å². The molecule has 1 rings (SSSR count). The van der Waals surface area contributed by atoms with Crippen LogP contribution in [-0.2, 0) is 17.9 Å². The van der Waals surface area contributed by atoms with Gasteiger partial charge in [-0.3, -0.25) is 14.8 Å². The van der Waals surface area contributed by atoms with Crippen LogP contribution in [-0.4, -0.2) is 21.7 Å². The van der Waals surface area contributed by atoms with Gasteiger partial charge in [0.1, 0.15) is 6.54 Å². The highest BCUT2D eigenvalue weighted by Gasteiger charge is 2.05. The molecular weight excluding hydrogens is 186 g/mol. The van der Waals surface area contributed by atoms with Crippen molar-refractivity contribution in [2.45, 2.75) is 13.1 Å². The van der Waals surface area contributed by atoms with Gasteiger partial charge in [-0.05, 0) is 0 Å². The van der Waals surface area contributed by atoms with E-state index in [1.54, 1.807) is 12.4 Å². The molecule has 14 heavy (non-hydrogen) atoms. The zero-order valence-corrected chi connectivity index (χ0v) is 7.43. The van der Waals surface area contributed by atoms with Crippen molar-refractivity contribution in [3.63, 3.8) is 0 Å². The Morgan fingerprint density at radius 3 is 2.79 bits per heavy atom. The fraction of sp³-hybridized carbons (Fsp3) is 0.286. The molecule has 7 nitrogen and oxygen atoms in total. The molecule has 0 aliphatic heterocycles. The summed E-state index contributed by atoms with van der Waals surface area (Å²) < 4.78 is 1.38. The molecule has 0 aliphatic carbocycles. The summed E-state index contributed by atoms with van der Waals surface area (Å²) in [5.74, 6) is -0.510. The van der Waals surface area contributed by atoms with Gasteiger partial charge in [0.25, 0.3) is 0 Å². The SMILES string of the molecule is NCc1cnn(CC(=O)NC(N)=O)c1. The Kier molecular flexibility index (Phi) is 3.19. The minimum absolute atomic E-state index is 0.0526. The summed E-state index contributed by atoms with van der Waals surface area (Å²) in [7, 11) is 0. The Bertz CT molecular complexity index is 346. The zero-order valence-electron chi connectivity index (χ0n) is 7.43. The van der Waals surface area contributed by atoms with E-state index in [-0.39, 0.29) is 6.54 Å². The molecule has 0 spiro atoms. The Morgan fingerprint density at radius 1 is 1.57 bits per heavy atom. The van der Waals surface area contributed by atoms with Gasteiger partial charge in [0.2, 0.25) is 5.91 Å². The molecule has 1 heterocycles. The van der Waals surface area contributed by atoms with Crippen LogP contribution in [0.5, 0.6) is 0 Å². The van der Waals surface area contributed by atoms with E-state index in [1.807, 2.05) is 5.32 Å². The van der Waals surface area contributed by atoms with Gasteiger partial charge in [-0.2, -0.15) is 5.10 Å². The van der Waals surface area contributed by atoms with Gasteiger partial charge in [-0.1, -0.05) is 0 Å². The smallest absolute Gasteiger partial charge is 0.318 e. The summed E-state index contributed by atoms with van der Waals surface area (Å²) in [5.41, 5.74) is 10.9. The summed E-state index contributed by atoms with van der Waals surface area (Å²) in [6.45, 7) is 0.306. The second-order valence-electron chi connectivity index (χ2n) is 2.66. The number of nitrogens with two attached hydrogens (primary N) is 2. The van der Waals surface area contributed by atoms with E-state index < -0.39 is 11.9 Å². The van der Waals surface area contributed by atoms with Crippen molar-refractivity contribution in [2.75, 3.05) is 0 Å². The molecule has 0 fully saturated rings. The number of urea groups is 1. The van der Waals surface area contributed by atoms with Crippen LogP contribution in [0.4, 0.5) is 4.79 Å². The van der Waals surface area contributed by atoms with Gasteiger partial charge in [0, 0.05) is 18.3 Å². The lowest BCUT2D eigenvalue weighted by atomic mass is 10.4. The molecule has 3 amide bonds. The molecule has 0 saturated carbocycles. The number of hydrogen-bond donors (Lipinski definition) is 3. The van der Waals surface area contributed by atoms with Crippen molar-refractivity contribution in [1.82, 2.24) is 15.1 Å². The second-order valence-corrected chi connectivity index (χ2v) is 2.66. The van der Waals surface area contributed by atoms with Gasteiger partial charge in [0.05, 0.1) is 6.20 Å². The predicted octanol–water partition coefficient (Wildman–Crippen LogP) is -1.46. The molecule has 0 radical (unpaired) electrons. The summed E-state index contributed by atoms with van der Waals surface area (Å²) in [5, 5.41) is 5.78. The molecule has 0 saturated heterocycles. The van der Waals surface area contributed by atoms with Crippen LogP contribution in [0, 0.1) is 0 Å². The van der Waals surface area contributed by atoms with E-state index in [2.05, 4.69) is 5.10 Å². The fourth-order valence-corrected chi connectivity index (χ4v) is 0.922. The number of imide groups is 1. The summed E-state index contributed by atoms with van der Waals surface area (Å²) in [4.78, 5) is 21.3. The topological polar surface area (TPSA) is 116 Å². The van der Waals surface area contributed by atoms with E-state index >= 15 is 0 Å². The van der Waals surface area contributed by atoms with Crippen LogP contribution in [0.2, 0.25) is 0 Å². The number of nitrogens with zero attached hydrogens (tertiary/aromatic N) is 2. The first-order valence-electron chi connectivity index (χ1n) is 3.92. The molecule has 5 N–H and O–H groups in total. The van der Waals surface area contributed by atoms with Crippen LogP contribution in [0.15, 0.2) is 12.4 Å². The summed E-state index contributed by atoms with van der Waals surface area (Å²) >= 11 is 0. The highest BCUT2D eigenvalue weighted by Crippen LogP contribution is 1.94. The third-order valence-electron chi connectivity index (χ3n) is 1.49. The lowest BCUT2D eigenvalue weighted by Crippen LogP contribution is -2.37. The van der Waals surface area contributed by atoms with Gasteiger partial charge in [-0.25, -0.2) is 4.79 Å². The number of rotatable bonds is 3. The largest absolute Gasteiger partial charge is 0.351 e. The van der Waals surface area contributed by atoms with Gasteiger partial charge in [-0.15, -0.1) is 0 Å². The zero-order chi connectivity index (χ0) is 10.6. The minimum Gasteiger partial charge on any atom is -0.351 e. The lowest BCUT2D eigenvalue weighted by molar-refractivity contribution is -0.120. The van der Waals surface area contributed by atoms with Gasteiger partial charge in [0.15, 0.2) is 0 Å². The highest BCUT2D eigenvalue weighted by atomic mass is 16.2. The third kappa shape index (κ3) is 2.87.